The van der Waals surface area contributed by atoms with Crippen molar-refractivity contribution in [2.75, 3.05) is 26.9 Å². The predicted octanol–water partition coefficient (Wildman–Crippen LogP) is 6.33. The van der Waals surface area contributed by atoms with Crippen LogP contribution in [0.15, 0.2) is 29.5 Å². The number of benzene rings is 1. The predicted molar refractivity (Wildman–Crippen MR) is 156 cm³/mol. The summed E-state index contributed by atoms with van der Waals surface area (Å²) in [6.45, 7) is 17.4. The lowest BCUT2D eigenvalue weighted by Gasteiger charge is -2.41. The first-order valence-electron chi connectivity index (χ1n) is 14.8. The van der Waals surface area contributed by atoms with Gasteiger partial charge >= 0.3 is 5.97 Å². The van der Waals surface area contributed by atoms with Gasteiger partial charge in [0.15, 0.2) is 0 Å². The van der Waals surface area contributed by atoms with Gasteiger partial charge in [0.1, 0.15) is 0 Å². The number of carbonyl (C=O) groups is 2. The van der Waals surface area contributed by atoms with Crippen molar-refractivity contribution in [3.05, 3.63) is 46.2 Å². The SMILES string of the molecule is COC(=O)CC1(NC(=O)C2=C(C)N(CC3CCCCC3)C(c3cc(C(C)(C)C)cc(C(C)(C)C)c3)C2)COC1. The monoisotopic (exact) mass is 538 g/mol. The van der Waals surface area contributed by atoms with Crippen LogP contribution in [0.4, 0.5) is 0 Å². The molecule has 0 radical (unpaired) electrons. The third-order valence-corrected chi connectivity index (χ3v) is 9.01. The molecular formula is C33H50N2O4. The molecule has 4 rings (SSSR count). The maximum atomic E-state index is 13.8. The first-order valence-corrected chi connectivity index (χ1v) is 14.8. The summed E-state index contributed by atoms with van der Waals surface area (Å²) in [7, 11) is 1.38. The molecule has 1 atom stereocenters. The van der Waals surface area contributed by atoms with Crippen molar-refractivity contribution in [3.8, 4) is 0 Å². The molecule has 0 bridgehead atoms. The topological polar surface area (TPSA) is 67.9 Å². The molecule has 0 aromatic heterocycles. The number of nitrogens with zero attached hydrogens (tertiary/aromatic N) is 1. The van der Waals surface area contributed by atoms with Crippen LogP contribution in [0.2, 0.25) is 0 Å². The molecule has 1 aromatic rings. The molecule has 1 saturated heterocycles. The van der Waals surface area contributed by atoms with E-state index >= 15 is 0 Å². The summed E-state index contributed by atoms with van der Waals surface area (Å²) < 4.78 is 10.3. The van der Waals surface area contributed by atoms with Crippen LogP contribution in [0.3, 0.4) is 0 Å². The van der Waals surface area contributed by atoms with Gasteiger partial charge in [-0.2, -0.15) is 0 Å². The van der Waals surface area contributed by atoms with Crippen molar-refractivity contribution in [1.82, 2.24) is 10.2 Å². The molecule has 1 amide bonds. The Morgan fingerprint density at radius 3 is 2.08 bits per heavy atom. The zero-order valence-corrected chi connectivity index (χ0v) is 25.5. The molecule has 2 fully saturated rings. The highest BCUT2D eigenvalue weighted by Gasteiger charge is 2.44. The number of hydrogen-bond donors (Lipinski definition) is 1. The lowest BCUT2D eigenvalue weighted by Crippen LogP contribution is -2.63. The largest absolute Gasteiger partial charge is 0.469 e. The summed E-state index contributed by atoms with van der Waals surface area (Å²) in [5, 5.41) is 3.19. The van der Waals surface area contributed by atoms with Gasteiger partial charge in [-0.15, -0.1) is 0 Å². The second-order valence-electron chi connectivity index (χ2n) is 14.3. The van der Waals surface area contributed by atoms with Crippen LogP contribution < -0.4 is 5.32 Å². The molecule has 2 heterocycles. The Balaban J connectivity index is 1.69. The van der Waals surface area contributed by atoms with Crippen LogP contribution in [0.25, 0.3) is 0 Å². The average molecular weight is 539 g/mol. The van der Waals surface area contributed by atoms with E-state index in [1.54, 1.807) is 0 Å². The molecule has 6 nitrogen and oxygen atoms in total. The van der Waals surface area contributed by atoms with Crippen LogP contribution in [0, 0.1) is 5.92 Å². The van der Waals surface area contributed by atoms with E-state index in [1.165, 1.54) is 55.9 Å². The van der Waals surface area contributed by atoms with Gasteiger partial charge in [0.2, 0.25) is 5.91 Å². The smallest absolute Gasteiger partial charge is 0.308 e. The zero-order valence-electron chi connectivity index (χ0n) is 25.5. The van der Waals surface area contributed by atoms with Gasteiger partial charge in [0.25, 0.3) is 0 Å². The molecule has 39 heavy (non-hydrogen) atoms. The Hall–Kier alpha value is -2.34. The number of carbonyl (C=O) groups excluding carboxylic acids is 2. The van der Waals surface area contributed by atoms with Gasteiger partial charge in [-0.1, -0.05) is 79.0 Å². The molecule has 3 aliphatic rings. The number of nitrogens with one attached hydrogen (secondary N) is 1. The molecule has 2 aliphatic heterocycles. The fourth-order valence-electron chi connectivity index (χ4n) is 6.27. The van der Waals surface area contributed by atoms with E-state index < -0.39 is 5.54 Å². The average Bonchev–Trinajstić information content (AvgIpc) is 3.17. The molecule has 1 unspecified atom stereocenters. The highest BCUT2D eigenvalue weighted by molar-refractivity contribution is 5.95. The minimum absolute atomic E-state index is 0.0238. The number of amides is 1. The summed E-state index contributed by atoms with van der Waals surface area (Å²) in [6.07, 6.45) is 7.22. The third-order valence-electron chi connectivity index (χ3n) is 9.01. The Bertz CT molecular complexity index is 1070. The third kappa shape index (κ3) is 6.70. The summed E-state index contributed by atoms with van der Waals surface area (Å²) in [5.41, 5.74) is 5.21. The van der Waals surface area contributed by atoms with E-state index in [0.717, 1.165) is 17.8 Å². The molecule has 1 aliphatic carbocycles. The second kappa shape index (κ2) is 11.3. The normalized spacial score (nSPS) is 22.1. The molecule has 216 valence electrons. The maximum Gasteiger partial charge on any atom is 0.308 e. The quantitative estimate of drug-likeness (QED) is 0.411. The van der Waals surface area contributed by atoms with Crippen LogP contribution >= 0.6 is 0 Å². The van der Waals surface area contributed by atoms with Crippen LogP contribution in [-0.2, 0) is 29.9 Å². The molecule has 6 heteroatoms. The van der Waals surface area contributed by atoms with Crippen LogP contribution in [0.1, 0.15) is 116 Å². The van der Waals surface area contributed by atoms with E-state index in [2.05, 4.69) is 76.9 Å². The van der Waals surface area contributed by atoms with Crippen molar-refractivity contribution in [2.24, 2.45) is 5.92 Å². The summed E-state index contributed by atoms with van der Waals surface area (Å²) in [4.78, 5) is 28.4. The number of hydrogen-bond acceptors (Lipinski definition) is 5. The van der Waals surface area contributed by atoms with E-state index in [9.17, 15) is 9.59 Å². The fourth-order valence-corrected chi connectivity index (χ4v) is 6.27. The van der Waals surface area contributed by atoms with Crippen molar-refractivity contribution < 1.29 is 19.1 Å². The molecule has 1 aromatic carbocycles. The standard InChI is InChI=1S/C33H50N2O4/c1-22-27(30(37)34-33(20-39-21-33)18-29(36)38-8)17-28(35(22)19-23-12-10-9-11-13-23)24-14-25(31(2,3)4)16-26(15-24)32(5,6)7/h14-16,23,28H,9-13,17-21H2,1-8H3,(H,34,37). The number of rotatable bonds is 7. The lowest BCUT2D eigenvalue weighted by molar-refractivity contribution is -0.152. The molecule has 1 N–H and O–H groups in total. The second-order valence-corrected chi connectivity index (χ2v) is 14.3. The van der Waals surface area contributed by atoms with Gasteiger partial charge in [-0.3, -0.25) is 9.59 Å². The highest BCUT2D eigenvalue weighted by Crippen LogP contribution is 2.43. The van der Waals surface area contributed by atoms with Crippen molar-refractivity contribution in [2.45, 2.75) is 116 Å². The first kappa shape index (κ1) is 29.6. The molecule has 0 spiro atoms. The van der Waals surface area contributed by atoms with Gasteiger partial charge in [0.05, 0.1) is 38.3 Å². The van der Waals surface area contributed by atoms with E-state index in [4.69, 9.17) is 9.47 Å². The molecule has 1 saturated carbocycles. The Kier molecular flexibility index (Phi) is 8.56. The van der Waals surface area contributed by atoms with Gasteiger partial charge < -0.3 is 19.7 Å². The van der Waals surface area contributed by atoms with Gasteiger partial charge in [0, 0.05) is 24.2 Å². The van der Waals surface area contributed by atoms with Gasteiger partial charge in [-0.05, 0) is 53.2 Å². The van der Waals surface area contributed by atoms with E-state index in [1.807, 2.05) is 0 Å². The minimum atomic E-state index is -0.685. The first-order chi connectivity index (χ1) is 18.2. The van der Waals surface area contributed by atoms with Crippen molar-refractivity contribution in [3.63, 3.8) is 0 Å². The van der Waals surface area contributed by atoms with Crippen molar-refractivity contribution >= 4 is 11.9 Å². The Morgan fingerprint density at radius 2 is 1.59 bits per heavy atom. The summed E-state index contributed by atoms with van der Waals surface area (Å²) in [5.74, 6) is 0.234. The Labute approximate surface area is 235 Å². The minimum Gasteiger partial charge on any atom is -0.469 e. The van der Waals surface area contributed by atoms with E-state index in [-0.39, 0.29) is 35.2 Å². The number of esters is 1. The zero-order chi connectivity index (χ0) is 28.6. The summed E-state index contributed by atoms with van der Waals surface area (Å²) >= 11 is 0. The van der Waals surface area contributed by atoms with Gasteiger partial charge in [-0.25, -0.2) is 0 Å². The number of methoxy groups -OCH3 is 1. The van der Waals surface area contributed by atoms with Crippen LogP contribution in [0.5, 0.6) is 0 Å². The molecular weight excluding hydrogens is 488 g/mol. The lowest BCUT2D eigenvalue weighted by atomic mass is 9.78. The van der Waals surface area contributed by atoms with Crippen LogP contribution in [-0.4, -0.2) is 49.2 Å². The number of allylic oxidation sites excluding steroid dienone is 1. The van der Waals surface area contributed by atoms with Crippen molar-refractivity contribution in [1.29, 1.82) is 0 Å². The Morgan fingerprint density at radius 1 is 1.00 bits per heavy atom. The maximum absolute atomic E-state index is 13.8. The van der Waals surface area contributed by atoms with E-state index in [0.29, 0.717) is 25.6 Å². The summed E-state index contributed by atoms with van der Waals surface area (Å²) in [6, 6.07) is 7.23. The highest BCUT2D eigenvalue weighted by atomic mass is 16.5. The number of ether oxygens (including phenoxy) is 2. The fraction of sp³-hybridized carbons (Fsp3) is 0.697.